The number of benzene rings is 3. The zero-order chi connectivity index (χ0) is 21.8. The highest BCUT2D eigenvalue weighted by molar-refractivity contribution is 5.82. The number of nitrogens with zero attached hydrogens (tertiary/aromatic N) is 3. The molecule has 0 atom stereocenters. The molecule has 1 heterocycles. The molecule has 4 aromatic rings. The Labute approximate surface area is 182 Å². The van der Waals surface area contributed by atoms with Crippen molar-refractivity contribution in [3.63, 3.8) is 0 Å². The number of rotatable bonds is 6. The second-order valence-electron chi connectivity index (χ2n) is 7.64. The van der Waals surface area contributed by atoms with E-state index >= 15 is 0 Å². The van der Waals surface area contributed by atoms with Crippen LogP contribution in [0.1, 0.15) is 29.4 Å². The average molecular weight is 408 g/mol. The van der Waals surface area contributed by atoms with E-state index in [0.717, 1.165) is 23.4 Å². The lowest BCUT2D eigenvalue weighted by Crippen LogP contribution is -2.29. The highest BCUT2D eigenvalue weighted by Gasteiger charge is 2.21. The van der Waals surface area contributed by atoms with Gasteiger partial charge in [-0.25, -0.2) is 4.98 Å². The van der Waals surface area contributed by atoms with E-state index in [2.05, 4.69) is 35.1 Å². The van der Waals surface area contributed by atoms with Crippen molar-refractivity contribution in [2.24, 2.45) is 0 Å². The van der Waals surface area contributed by atoms with E-state index < -0.39 is 0 Å². The summed E-state index contributed by atoms with van der Waals surface area (Å²) in [6.45, 7) is 2.62. The van der Waals surface area contributed by atoms with Gasteiger partial charge in [0.1, 0.15) is 5.82 Å². The molecule has 0 spiro atoms. The Morgan fingerprint density at radius 1 is 1.00 bits per heavy atom. The van der Waals surface area contributed by atoms with Gasteiger partial charge in [-0.05, 0) is 36.2 Å². The standard InChI is InChI=1S/C27H25N3O/c1-4-5-18-29(3)23-16-17-25-24(19-23)27(31)30(20(2)28-25)26(21-12-8-6-9-13-21)22-14-10-7-11-15-22/h1,6-17,19,26H,5,18H2,2-3H3. The van der Waals surface area contributed by atoms with E-state index in [9.17, 15) is 4.79 Å². The third-order valence-corrected chi connectivity index (χ3v) is 5.58. The predicted molar refractivity (Wildman–Crippen MR) is 128 cm³/mol. The van der Waals surface area contributed by atoms with Gasteiger partial charge in [0, 0.05) is 25.7 Å². The Morgan fingerprint density at radius 2 is 1.61 bits per heavy atom. The van der Waals surface area contributed by atoms with E-state index in [1.165, 1.54) is 0 Å². The molecule has 0 aliphatic rings. The summed E-state index contributed by atoms with van der Waals surface area (Å²) in [6.07, 6.45) is 6.06. The van der Waals surface area contributed by atoms with Crippen molar-refractivity contribution >= 4 is 16.6 Å². The van der Waals surface area contributed by atoms with Crippen LogP contribution in [0.3, 0.4) is 0 Å². The van der Waals surface area contributed by atoms with E-state index in [-0.39, 0.29) is 11.6 Å². The minimum absolute atomic E-state index is 0.0487. The zero-order valence-electron chi connectivity index (χ0n) is 17.8. The van der Waals surface area contributed by atoms with Crippen LogP contribution in [0.4, 0.5) is 5.69 Å². The molecule has 0 radical (unpaired) electrons. The second kappa shape index (κ2) is 8.89. The maximum absolute atomic E-state index is 13.8. The monoisotopic (exact) mass is 407 g/mol. The van der Waals surface area contributed by atoms with E-state index in [0.29, 0.717) is 23.1 Å². The van der Waals surface area contributed by atoms with Gasteiger partial charge in [-0.2, -0.15) is 0 Å². The molecule has 0 aliphatic heterocycles. The van der Waals surface area contributed by atoms with Crippen molar-refractivity contribution in [3.8, 4) is 12.3 Å². The number of fused-ring (bicyclic) bond motifs is 1. The van der Waals surface area contributed by atoms with Crippen molar-refractivity contribution in [2.45, 2.75) is 19.4 Å². The van der Waals surface area contributed by atoms with Crippen LogP contribution in [0.25, 0.3) is 10.9 Å². The summed E-state index contributed by atoms with van der Waals surface area (Å²) in [5.41, 5.74) is 3.69. The Kier molecular flexibility index (Phi) is 5.86. The second-order valence-corrected chi connectivity index (χ2v) is 7.64. The Bertz CT molecular complexity index is 1250. The summed E-state index contributed by atoms with van der Waals surface area (Å²) in [5, 5.41) is 0.604. The number of hydrogen-bond acceptors (Lipinski definition) is 3. The number of aromatic nitrogens is 2. The van der Waals surface area contributed by atoms with Gasteiger partial charge in [-0.1, -0.05) is 60.7 Å². The maximum Gasteiger partial charge on any atom is 0.262 e. The summed E-state index contributed by atoms with van der Waals surface area (Å²) >= 11 is 0. The summed E-state index contributed by atoms with van der Waals surface area (Å²) < 4.78 is 1.80. The topological polar surface area (TPSA) is 38.1 Å². The highest BCUT2D eigenvalue weighted by Crippen LogP contribution is 2.27. The average Bonchev–Trinajstić information content (AvgIpc) is 2.81. The SMILES string of the molecule is C#CCCN(C)c1ccc2nc(C)n(C(c3ccccc3)c3ccccc3)c(=O)c2c1. The quantitative estimate of drug-likeness (QED) is 0.431. The fraction of sp³-hybridized carbons (Fsp3) is 0.185. The molecule has 0 unspecified atom stereocenters. The molecule has 0 saturated carbocycles. The van der Waals surface area contributed by atoms with Crippen molar-refractivity contribution < 1.29 is 0 Å². The summed E-state index contributed by atoms with van der Waals surface area (Å²) in [5.74, 6) is 3.35. The minimum atomic E-state index is -0.255. The molecule has 0 fully saturated rings. The van der Waals surface area contributed by atoms with Crippen LogP contribution in [0.2, 0.25) is 0 Å². The van der Waals surface area contributed by atoms with Crippen LogP contribution in [0.5, 0.6) is 0 Å². The molecule has 1 aromatic heterocycles. The molecule has 0 amide bonds. The third-order valence-electron chi connectivity index (χ3n) is 5.58. The Balaban J connectivity index is 1.92. The van der Waals surface area contributed by atoms with Gasteiger partial charge in [0.05, 0.1) is 16.9 Å². The van der Waals surface area contributed by atoms with Gasteiger partial charge in [0.2, 0.25) is 0 Å². The van der Waals surface area contributed by atoms with Crippen molar-refractivity contribution in [3.05, 3.63) is 106 Å². The fourth-order valence-electron chi connectivity index (χ4n) is 3.96. The fourth-order valence-corrected chi connectivity index (χ4v) is 3.96. The summed E-state index contributed by atoms with van der Waals surface area (Å²) in [7, 11) is 1.98. The van der Waals surface area contributed by atoms with Crippen molar-refractivity contribution in [1.29, 1.82) is 0 Å². The molecule has 4 nitrogen and oxygen atoms in total. The van der Waals surface area contributed by atoms with Crippen LogP contribution in [-0.2, 0) is 0 Å². The minimum Gasteiger partial charge on any atom is -0.374 e. The van der Waals surface area contributed by atoms with Crippen LogP contribution in [-0.4, -0.2) is 23.1 Å². The van der Waals surface area contributed by atoms with Crippen molar-refractivity contribution in [2.75, 3.05) is 18.5 Å². The van der Waals surface area contributed by atoms with Gasteiger partial charge in [-0.15, -0.1) is 12.3 Å². The molecule has 4 rings (SSSR count). The number of hydrogen-bond donors (Lipinski definition) is 0. The van der Waals surface area contributed by atoms with E-state index in [1.807, 2.05) is 68.6 Å². The molecule has 0 bridgehead atoms. The lowest BCUT2D eigenvalue weighted by atomic mass is 9.98. The highest BCUT2D eigenvalue weighted by atomic mass is 16.1. The molecule has 3 aromatic carbocycles. The zero-order valence-corrected chi connectivity index (χ0v) is 17.8. The Hall–Kier alpha value is -3.84. The van der Waals surface area contributed by atoms with Gasteiger partial charge in [-0.3, -0.25) is 9.36 Å². The van der Waals surface area contributed by atoms with Gasteiger partial charge in [0.15, 0.2) is 0 Å². The number of terminal acetylenes is 1. The lowest BCUT2D eigenvalue weighted by molar-refractivity contribution is 0.620. The first-order valence-corrected chi connectivity index (χ1v) is 10.4. The first-order valence-electron chi connectivity index (χ1n) is 10.4. The lowest BCUT2D eigenvalue weighted by Gasteiger charge is -2.24. The van der Waals surface area contributed by atoms with Gasteiger partial charge < -0.3 is 4.90 Å². The smallest absolute Gasteiger partial charge is 0.262 e. The number of aryl methyl sites for hydroxylation is 1. The Morgan fingerprint density at radius 3 is 2.19 bits per heavy atom. The maximum atomic E-state index is 13.8. The van der Waals surface area contributed by atoms with Crippen LogP contribution < -0.4 is 10.5 Å². The predicted octanol–water partition coefficient (Wildman–Crippen LogP) is 4.80. The van der Waals surface area contributed by atoms with Crippen LogP contribution in [0, 0.1) is 19.3 Å². The molecule has 0 aliphatic carbocycles. The van der Waals surface area contributed by atoms with E-state index in [4.69, 9.17) is 11.4 Å². The first kappa shape index (κ1) is 20.4. The third kappa shape index (κ3) is 4.08. The summed E-state index contributed by atoms with van der Waals surface area (Å²) in [6, 6.07) is 25.7. The normalized spacial score (nSPS) is 10.9. The largest absolute Gasteiger partial charge is 0.374 e. The van der Waals surface area contributed by atoms with E-state index in [1.54, 1.807) is 4.57 Å². The van der Waals surface area contributed by atoms with Gasteiger partial charge >= 0.3 is 0 Å². The number of anilines is 1. The summed E-state index contributed by atoms with van der Waals surface area (Å²) in [4.78, 5) is 20.6. The first-order chi connectivity index (χ1) is 15.1. The molecular formula is C27H25N3O. The molecule has 31 heavy (non-hydrogen) atoms. The molecule has 4 heteroatoms. The van der Waals surface area contributed by atoms with Crippen LogP contribution >= 0.6 is 0 Å². The van der Waals surface area contributed by atoms with Crippen LogP contribution in [0.15, 0.2) is 83.7 Å². The molecule has 0 saturated heterocycles. The van der Waals surface area contributed by atoms with Gasteiger partial charge in [0.25, 0.3) is 5.56 Å². The van der Waals surface area contributed by atoms with Crippen molar-refractivity contribution in [1.82, 2.24) is 9.55 Å². The molecular weight excluding hydrogens is 382 g/mol. The molecule has 154 valence electrons. The molecule has 0 N–H and O–H groups in total.